The van der Waals surface area contributed by atoms with E-state index in [2.05, 4.69) is 0 Å². The molecular formula is C6H11N3O6. The number of unbranched alkanes of at least 4 members (excludes halogenated alkanes) is 2. The Morgan fingerprint density at radius 1 is 1.13 bits per heavy atom. The Kier molecular flexibility index (Phi) is 5.67. The summed E-state index contributed by atoms with van der Waals surface area (Å²) < 4.78 is 0. The molecule has 0 saturated heterocycles. The lowest BCUT2D eigenvalue weighted by molar-refractivity contribution is -0.907. The van der Waals surface area contributed by atoms with Crippen molar-refractivity contribution in [2.24, 2.45) is 0 Å². The summed E-state index contributed by atoms with van der Waals surface area (Å²) in [6.07, 6.45) is 0.954. The Hall–Kier alpha value is -1.93. The molecule has 15 heavy (non-hydrogen) atoms. The van der Waals surface area contributed by atoms with Gasteiger partial charge >= 0.3 is 5.97 Å². The van der Waals surface area contributed by atoms with Crippen LogP contribution in [0.25, 0.3) is 0 Å². The third-order valence-electron chi connectivity index (χ3n) is 1.63. The zero-order valence-electron chi connectivity index (χ0n) is 7.87. The molecule has 0 aromatic carbocycles. The lowest BCUT2D eigenvalue weighted by Crippen LogP contribution is -2.36. The van der Waals surface area contributed by atoms with Crippen molar-refractivity contribution in [2.75, 3.05) is 6.54 Å². The standard InChI is InChI=1S/C6H11N3O6/c10-6(11)4-2-1-3-5-7(8(12)13)9(14)15/h1-5H2,(H,10,11). The molecule has 86 valence electrons. The topological polar surface area (TPSA) is 127 Å². The second-order valence-electron chi connectivity index (χ2n) is 2.78. The minimum atomic E-state index is -1.10. The molecule has 0 bridgehead atoms. The molecular weight excluding hydrogens is 210 g/mol. The van der Waals surface area contributed by atoms with Crippen LogP contribution in [0.5, 0.6) is 0 Å². The Bertz CT molecular complexity index is 241. The van der Waals surface area contributed by atoms with Gasteiger partial charge in [-0.05, 0) is 12.8 Å². The predicted octanol–water partition coefficient (Wildman–Crippen LogP) is 0.317. The third kappa shape index (κ3) is 6.18. The summed E-state index contributed by atoms with van der Waals surface area (Å²) >= 11 is 0. The monoisotopic (exact) mass is 221 g/mol. The Labute approximate surface area is 84.5 Å². The lowest BCUT2D eigenvalue weighted by Gasteiger charge is -2.02. The van der Waals surface area contributed by atoms with Gasteiger partial charge in [0.2, 0.25) is 10.1 Å². The summed E-state index contributed by atoms with van der Waals surface area (Å²) in [6.45, 7) is -0.320. The van der Waals surface area contributed by atoms with Gasteiger partial charge in [-0.15, -0.1) is 0 Å². The van der Waals surface area contributed by atoms with Crippen LogP contribution in [0.4, 0.5) is 0 Å². The molecule has 0 unspecified atom stereocenters. The molecule has 0 aliphatic rings. The van der Waals surface area contributed by atoms with Gasteiger partial charge in [0.25, 0.3) is 0 Å². The molecule has 0 rings (SSSR count). The number of carboxylic acid groups (broad SMARTS) is 1. The lowest BCUT2D eigenvalue weighted by atomic mass is 10.2. The number of nitrogens with zero attached hydrogens (tertiary/aromatic N) is 3. The van der Waals surface area contributed by atoms with Crippen molar-refractivity contribution in [3.8, 4) is 0 Å². The highest BCUT2D eigenvalue weighted by atomic mass is 16.8. The summed E-state index contributed by atoms with van der Waals surface area (Å²) in [6, 6.07) is 0. The normalized spacial score (nSPS) is 9.60. The van der Waals surface area contributed by atoms with E-state index in [0.717, 1.165) is 0 Å². The highest BCUT2D eigenvalue weighted by molar-refractivity contribution is 5.66. The summed E-state index contributed by atoms with van der Waals surface area (Å²) in [4.78, 5) is 30.3. The summed E-state index contributed by atoms with van der Waals surface area (Å²) in [5.74, 6) is -0.949. The molecule has 0 atom stereocenters. The maximum Gasteiger partial charge on any atom is 0.303 e. The first kappa shape index (κ1) is 13.1. The largest absolute Gasteiger partial charge is 0.481 e. The fourth-order valence-electron chi connectivity index (χ4n) is 0.929. The molecule has 0 aromatic rings. The zero-order valence-corrected chi connectivity index (χ0v) is 7.87. The molecule has 0 aromatic heterocycles. The first-order valence-electron chi connectivity index (χ1n) is 4.23. The first-order chi connectivity index (χ1) is 6.95. The summed E-state index contributed by atoms with van der Waals surface area (Å²) in [7, 11) is 0. The average Bonchev–Trinajstić information content (AvgIpc) is 2.08. The second kappa shape index (κ2) is 6.51. The molecule has 0 saturated carbocycles. The fraction of sp³-hybridized carbons (Fsp3) is 0.833. The second-order valence-corrected chi connectivity index (χ2v) is 2.78. The average molecular weight is 221 g/mol. The third-order valence-corrected chi connectivity index (χ3v) is 1.63. The van der Waals surface area contributed by atoms with Crippen LogP contribution in [0.1, 0.15) is 25.7 Å². The smallest absolute Gasteiger partial charge is 0.303 e. The SMILES string of the molecule is O=C(O)CCCCCN([N+](=O)[O-])[N+](=O)[O-]. The molecule has 0 heterocycles. The van der Waals surface area contributed by atoms with Crippen LogP contribution >= 0.6 is 0 Å². The van der Waals surface area contributed by atoms with E-state index in [-0.39, 0.29) is 24.5 Å². The van der Waals surface area contributed by atoms with Gasteiger partial charge < -0.3 is 5.11 Å². The molecule has 0 spiro atoms. The number of carbonyl (C=O) groups is 1. The van der Waals surface area contributed by atoms with Crippen LogP contribution in [0, 0.1) is 20.2 Å². The van der Waals surface area contributed by atoms with E-state index in [0.29, 0.717) is 12.8 Å². The van der Waals surface area contributed by atoms with Gasteiger partial charge in [0.05, 0.1) is 0 Å². The predicted molar refractivity (Wildman–Crippen MR) is 46.8 cm³/mol. The van der Waals surface area contributed by atoms with Gasteiger partial charge in [-0.1, -0.05) is 6.42 Å². The van der Waals surface area contributed by atoms with Crippen LogP contribution in [-0.2, 0) is 4.79 Å². The summed E-state index contributed by atoms with van der Waals surface area (Å²) in [5, 5.41) is 26.2. The van der Waals surface area contributed by atoms with Crippen molar-refractivity contribution in [1.82, 2.24) is 5.12 Å². The maximum atomic E-state index is 10.1. The molecule has 0 aliphatic heterocycles. The molecule has 9 nitrogen and oxygen atoms in total. The number of rotatable bonds is 8. The van der Waals surface area contributed by atoms with Crippen molar-refractivity contribution in [1.29, 1.82) is 0 Å². The highest BCUT2D eigenvalue weighted by Crippen LogP contribution is 2.02. The minimum Gasteiger partial charge on any atom is -0.481 e. The van der Waals surface area contributed by atoms with E-state index >= 15 is 0 Å². The van der Waals surface area contributed by atoms with Crippen LogP contribution in [0.15, 0.2) is 0 Å². The van der Waals surface area contributed by atoms with E-state index in [1.54, 1.807) is 0 Å². The first-order valence-corrected chi connectivity index (χ1v) is 4.23. The quantitative estimate of drug-likeness (QED) is 0.355. The Morgan fingerprint density at radius 3 is 2.07 bits per heavy atom. The number of carboxylic acids is 1. The highest BCUT2D eigenvalue weighted by Gasteiger charge is 2.25. The molecule has 1 N–H and O–H groups in total. The van der Waals surface area contributed by atoms with Crippen molar-refractivity contribution >= 4 is 5.97 Å². The summed E-state index contributed by atoms with van der Waals surface area (Å²) in [5.41, 5.74) is 0. The fourth-order valence-corrected chi connectivity index (χ4v) is 0.929. The van der Waals surface area contributed by atoms with Gasteiger partial charge in [-0.25, -0.2) is 20.2 Å². The van der Waals surface area contributed by atoms with Crippen molar-refractivity contribution in [3.05, 3.63) is 20.2 Å². The van der Waals surface area contributed by atoms with Crippen LogP contribution < -0.4 is 0 Å². The molecule has 0 amide bonds. The number of aliphatic carboxylic acids is 1. The van der Waals surface area contributed by atoms with Gasteiger partial charge in [-0.2, -0.15) is 0 Å². The van der Waals surface area contributed by atoms with Crippen LogP contribution in [0.2, 0.25) is 0 Å². The number of hydrogen-bond donors (Lipinski definition) is 1. The van der Waals surface area contributed by atoms with E-state index in [1.807, 2.05) is 0 Å². The van der Waals surface area contributed by atoms with E-state index in [4.69, 9.17) is 5.11 Å². The molecule has 0 aliphatic carbocycles. The number of hydrazine groups is 2. The number of nitro groups is 2. The molecule has 9 heteroatoms. The van der Waals surface area contributed by atoms with Crippen LogP contribution in [-0.4, -0.2) is 32.8 Å². The maximum absolute atomic E-state index is 10.1. The van der Waals surface area contributed by atoms with Gasteiger partial charge in [0.15, 0.2) is 5.12 Å². The van der Waals surface area contributed by atoms with Crippen molar-refractivity contribution < 1.29 is 20.0 Å². The Morgan fingerprint density at radius 2 is 1.67 bits per heavy atom. The zero-order chi connectivity index (χ0) is 11.8. The Balaban J connectivity index is 3.68. The van der Waals surface area contributed by atoms with E-state index in [1.165, 1.54) is 0 Å². The van der Waals surface area contributed by atoms with Crippen LogP contribution in [0.3, 0.4) is 0 Å². The van der Waals surface area contributed by atoms with Gasteiger partial charge in [0.1, 0.15) is 6.54 Å². The van der Waals surface area contributed by atoms with Crippen molar-refractivity contribution in [2.45, 2.75) is 25.7 Å². The van der Waals surface area contributed by atoms with Gasteiger partial charge in [-0.3, -0.25) is 4.79 Å². The van der Waals surface area contributed by atoms with Crippen molar-refractivity contribution in [3.63, 3.8) is 0 Å². The van der Waals surface area contributed by atoms with E-state index in [9.17, 15) is 25.0 Å². The van der Waals surface area contributed by atoms with E-state index < -0.39 is 16.0 Å². The molecule has 0 radical (unpaired) electrons. The molecule has 0 fully saturated rings. The minimum absolute atomic E-state index is 0.0308. The van der Waals surface area contributed by atoms with Gasteiger partial charge in [0, 0.05) is 6.42 Å². The number of hydrogen-bond acceptors (Lipinski definition) is 5.